The quantitative estimate of drug-likeness (QED) is 0.184. The molecule has 3 aromatic heterocycles. The molecule has 0 atom stereocenters. The molecular weight excluding hydrogens is 607 g/mol. The molecule has 234 valence electrons. The second-order valence-electron chi connectivity index (χ2n) is 12.8. The molecule has 0 bridgehead atoms. The van der Waals surface area contributed by atoms with Gasteiger partial charge >= 0.3 is 0 Å². The van der Waals surface area contributed by atoms with Crippen LogP contribution in [0.2, 0.25) is 0 Å². The minimum atomic E-state index is 1.01. The Hall–Kier alpha value is -6.71. The number of benzene rings is 7. The zero-order chi connectivity index (χ0) is 33.0. The maximum absolute atomic E-state index is 4.85. The Bertz CT molecular complexity index is 2830. The van der Waals surface area contributed by atoms with E-state index in [0.717, 1.165) is 33.3 Å². The van der Waals surface area contributed by atoms with Crippen LogP contribution in [0.3, 0.4) is 0 Å². The number of hydrogen-bond acceptors (Lipinski definition) is 1. The second kappa shape index (κ2) is 11.5. The summed E-state index contributed by atoms with van der Waals surface area (Å²) in [5.74, 6) is 0. The Balaban J connectivity index is 1.16. The van der Waals surface area contributed by atoms with Crippen LogP contribution in [0.15, 0.2) is 188 Å². The van der Waals surface area contributed by atoms with E-state index in [9.17, 15) is 0 Å². The lowest BCUT2D eigenvalue weighted by Gasteiger charge is -2.11. The van der Waals surface area contributed by atoms with Crippen LogP contribution in [0, 0.1) is 0 Å². The number of aromatic nitrogens is 3. The van der Waals surface area contributed by atoms with Gasteiger partial charge in [0.15, 0.2) is 0 Å². The van der Waals surface area contributed by atoms with Crippen molar-refractivity contribution in [3.63, 3.8) is 0 Å². The molecule has 0 aliphatic rings. The Morgan fingerprint density at radius 3 is 1.56 bits per heavy atom. The molecule has 0 saturated heterocycles. The Kier molecular flexibility index (Phi) is 6.49. The van der Waals surface area contributed by atoms with Gasteiger partial charge in [-0.15, -0.1) is 0 Å². The fraction of sp³-hybridized carbons (Fsp3) is 0. The lowest BCUT2D eigenvalue weighted by molar-refractivity contribution is 1.18. The predicted octanol–water partition coefficient (Wildman–Crippen LogP) is 12.3. The van der Waals surface area contributed by atoms with Crippen LogP contribution >= 0.6 is 0 Å². The lowest BCUT2D eigenvalue weighted by Crippen LogP contribution is -1.94. The van der Waals surface area contributed by atoms with Gasteiger partial charge in [-0.1, -0.05) is 121 Å². The summed E-state index contributed by atoms with van der Waals surface area (Å²) in [5, 5.41) is 3.64. The molecule has 0 N–H and O–H groups in total. The van der Waals surface area contributed by atoms with Crippen LogP contribution in [0.25, 0.3) is 88.5 Å². The van der Waals surface area contributed by atoms with E-state index < -0.39 is 0 Å². The van der Waals surface area contributed by atoms with Gasteiger partial charge in [-0.3, -0.25) is 4.98 Å². The third-order valence-corrected chi connectivity index (χ3v) is 9.99. The summed E-state index contributed by atoms with van der Waals surface area (Å²) in [6, 6.07) is 65.4. The first kappa shape index (κ1) is 28.3. The van der Waals surface area contributed by atoms with Crippen molar-refractivity contribution < 1.29 is 0 Å². The third-order valence-electron chi connectivity index (χ3n) is 9.99. The third kappa shape index (κ3) is 4.48. The van der Waals surface area contributed by atoms with Gasteiger partial charge in [-0.25, -0.2) is 0 Å². The summed E-state index contributed by atoms with van der Waals surface area (Å²) in [7, 11) is 0. The highest BCUT2D eigenvalue weighted by atomic mass is 15.0. The summed E-state index contributed by atoms with van der Waals surface area (Å²) in [6.45, 7) is 0. The molecule has 0 aliphatic heterocycles. The van der Waals surface area contributed by atoms with Crippen molar-refractivity contribution in [3.8, 4) is 44.8 Å². The van der Waals surface area contributed by atoms with Crippen LogP contribution in [-0.2, 0) is 0 Å². The Labute approximate surface area is 290 Å². The molecule has 7 aromatic carbocycles. The highest BCUT2D eigenvalue weighted by Crippen LogP contribution is 2.41. The van der Waals surface area contributed by atoms with Gasteiger partial charge in [0, 0.05) is 33.7 Å². The molecule has 0 spiro atoms. The summed E-state index contributed by atoms with van der Waals surface area (Å²) in [6.07, 6.45) is 1.89. The van der Waals surface area contributed by atoms with Crippen molar-refractivity contribution in [2.45, 2.75) is 0 Å². The van der Waals surface area contributed by atoms with Crippen LogP contribution in [0.4, 0.5) is 0 Å². The van der Waals surface area contributed by atoms with E-state index in [0.29, 0.717) is 0 Å². The minimum absolute atomic E-state index is 1.01. The van der Waals surface area contributed by atoms with Gasteiger partial charge in [0.25, 0.3) is 0 Å². The molecule has 0 saturated carbocycles. The molecule has 0 unspecified atom stereocenters. The first-order valence-corrected chi connectivity index (χ1v) is 17.1. The van der Waals surface area contributed by atoms with Crippen LogP contribution in [-0.4, -0.2) is 14.1 Å². The number of nitrogens with zero attached hydrogens (tertiary/aromatic N) is 3. The summed E-state index contributed by atoms with van der Waals surface area (Å²) >= 11 is 0. The van der Waals surface area contributed by atoms with E-state index in [1.165, 1.54) is 55.2 Å². The monoisotopic (exact) mass is 637 g/mol. The van der Waals surface area contributed by atoms with Crippen LogP contribution in [0.5, 0.6) is 0 Å². The van der Waals surface area contributed by atoms with Gasteiger partial charge in [0.1, 0.15) is 0 Å². The Morgan fingerprint density at radius 2 is 0.880 bits per heavy atom. The fourth-order valence-electron chi connectivity index (χ4n) is 7.68. The molecule has 0 aliphatic carbocycles. The van der Waals surface area contributed by atoms with Gasteiger partial charge in [-0.05, 0) is 94.0 Å². The predicted molar refractivity (Wildman–Crippen MR) is 209 cm³/mol. The van der Waals surface area contributed by atoms with Crippen molar-refractivity contribution in [1.29, 1.82) is 0 Å². The van der Waals surface area contributed by atoms with Crippen molar-refractivity contribution in [2.75, 3.05) is 0 Å². The number of rotatable bonds is 5. The zero-order valence-electron chi connectivity index (χ0n) is 27.2. The molecule has 10 rings (SSSR count). The van der Waals surface area contributed by atoms with E-state index in [-0.39, 0.29) is 0 Å². The summed E-state index contributed by atoms with van der Waals surface area (Å²) < 4.78 is 4.75. The number of pyridine rings is 1. The largest absolute Gasteiger partial charge is 0.309 e. The first-order chi connectivity index (χ1) is 24.8. The second-order valence-corrected chi connectivity index (χ2v) is 12.8. The summed E-state index contributed by atoms with van der Waals surface area (Å²) in [4.78, 5) is 4.85. The molecule has 3 heterocycles. The zero-order valence-corrected chi connectivity index (χ0v) is 27.2. The molecule has 0 fully saturated rings. The van der Waals surface area contributed by atoms with Gasteiger partial charge in [-0.2, -0.15) is 0 Å². The highest BCUT2D eigenvalue weighted by molar-refractivity contribution is 6.17. The molecular formula is C47H31N3. The van der Waals surface area contributed by atoms with Crippen LogP contribution < -0.4 is 0 Å². The van der Waals surface area contributed by atoms with Crippen molar-refractivity contribution >= 4 is 43.7 Å². The molecule has 0 radical (unpaired) electrons. The maximum Gasteiger partial charge on any atom is 0.0963 e. The highest BCUT2D eigenvalue weighted by Gasteiger charge is 2.19. The van der Waals surface area contributed by atoms with E-state index in [2.05, 4.69) is 185 Å². The number of hydrogen-bond donors (Lipinski definition) is 0. The molecule has 50 heavy (non-hydrogen) atoms. The first-order valence-electron chi connectivity index (χ1n) is 17.1. The molecule has 10 aromatic rings. The topological polar surface area (TPSA) is 22.8 Å². The average Bonchev–Trinajstić information content (AvgIpc) is 3.71. The van der Waals surface area contributed by atoms with Crippen molar-refractivity contribution in [3.05, 3.63) is 188 Å². The lowest BCUT2D eigenvalue weighted by atomic mass is 9.98. The van der Waals surface area contributed by atoms with Gasteiger partial charge < -0.3 is 9.13 Å². The van der Waals surface area contributed by atoms with Crippen molar-refractivity contribution in [1.82, 2.24) is 14.1 Å². The van der Waals surface area contributed by atoms with Gasteiger partial charge in [0.2, 0.25) is 0 Å². The van der Waals surface area contributed by atoms with Crippen LogP contribution in [0.1, 0.15) is 0 Å². The van der Waals surface area contributed by atoms with Crippen molar-refractivity contribution in [2.24, 2.45) is 0 Å². The normalized spacial score (nSPS) is 11.6. The molecule has 0 amide bonds. The molecule has 3 nitrogen and oxygen atoms in total. The van der Waals surface area contributed by atoms with E-state index in [4.69, 9.17) is 4.98 Å². The number of para-hydroxylation sites is 1. The number of fused-ring (bicyclic) bond motifs is 6. The average molecular weight is 638 g/mol. The maximum atomic E-state index is 4.85. The Morgan fingerprint density at radius 1 is 0.340 bits per heavy atom. The molecule has 3 heteroatoms. The summed E-state index contributed by atoms with van der Waals surface area (Å²) in [5.41, 5.74) is 15.1. The van der Waals surface area contributed by atoms with E-state index in [1.807, 2.05) is 12.3 Å². The van der Waals surface area contributed by atoms with E-state index in [1.54, 1.807) is 0 Å². The smallest absolute Gasteiger partial charge is 0.0963 e. The fourth-order valence-corrected chi connectivity index (χ4v) is 7.68. The standard InChI is InChI=1S/C47H31N3/c1-3-11-32(12-4-1)34-20-25-37(26-21-34)49-42-17-8-7-15-40(42)46-39(16-9-18-43(46)49)36-24-29-41-45(31-36)50(44-19-10-30-48-47(41)44)38-27-22-35(23-28-38)33-13-5-2-6-14-33/h1-31H. The van der Waals surface area contributed by atoms with Gasteiger partial charge in [0.05, 0.1) is 27.6 Å². The minimum Gasteiger partial charge on any atom is -0.309 e. The van der Waals surface area contributed by atoms with E-state index >= 15 is 0 Å². The SMILES string of the molecule is c1ccc(-c2ccc(-n3c4cc(-c5cccc6c5c5ccccc5n6-c5ccc(-c6ccccc6)cc5)ccc4c4ncccc43)cc2)cc1.